The number of carboxylic acids is 1. The molecule has 0 aromatic heterocycles. The molecule has 0 spiro atoms. The van der Waals surface area contributed by atoms with Gasteiger partial charge in [-0.1, -0.05) is 12.8 Å². The highest BCUT2D eigenvalue weighted by molar-refractivity contribution is 7.89. The lowest BCUT2D eigenvalue weighted by Crippen LogP contribution is -2.32. The van der Waals surface area contributed by atoms with Crippen LogP contribution in [0.4, 0.5) is 8.78 Å². The number of benzene rings is 1. The van der Waals surface area contributed by atoms with E-state index in [4.69, 9.17) is 5.11 Å². The minimum absolute atomic E-state index is 0.223. The highest BCUT2D eigenvalue weighted by Crippen LogP contribution is 2.25. The van der Waals surface area contributed by atoms with Crippen LogP contribution in [-0.4, -0.2) is 36.9 Å². The summed E-state index contributed by atoms with van der Waals surface area (Å²) in [6.07, 6.45) is 3.03. The first-order chi connectivity index (χ1) is 9.84. The molecule has 21 heavy (non-hydrogen) atoms. The lowest BCUT2D eigenvalue weighted by molar-refractivity contribution is 0.0696. The number of hydrogen-bond acceptors (Lipinski definition) is 3. The van der Waals surface area contributed by atoms with Gasteiger partial charge in [-0.15, -0.1) is 0 Å². The summed E-state index contributed by atoms with van der Waals surface area (Å²) in [6.45, 7) is 0.446. The van der Waals surface area contributed by atoms with Gasteiger partial charge in [0, 0.05) is 13.1 Å². The van der Waals surface area contributed by atoms with Crippen molar-refractivity contribution in [2.75, 3.05) is 13.1 Å². The number of aromatic carboxylic acids is 1. The first kappa shape index (κ1) is 15.8. The second-order valence-corrected chi connectivity index (χ2v) is 6.80. The van der Waals surface area contributed by atoms with E-state index in [2.05, 4.69) is 0 Å². The van der Waals surface area contributed by atoms with Crippen molar-refractivity contribution in [3.05, 3.63) is 29.3 Å². The third-order valence-electron chi connectivity index (χ3n) is 3.42. The number of carbonyl (C=O) groups is 1. The average molecular weight is 319 g/mol. The maximum atomic E-state index is 13.8. The Hall–Kier alpha value is -1.54. The van der Waals surface area contributed by atoms with E-state index in [0.717, 1.165) is 17.1 Å². The van der Waals surface area contributed by atoms with Crippen molar-refractivity contribution in [1.82, 2.24) is 4.31 Å². The third-order valence-corrected chi connectivity index (χ3v) is 5.32. The van der Waals surface area contributed by atoms with Crippen molar-refractivity contribution in [1.29, 1.82) is 0 Å². The summed E-state index contributed by atoms with van der Waals surface area (Å²) in [6, 6.07) is 1.14. The predicted molar refractivity (Wildman–Crippen MR) is 70.5 cm³/mol. The number of nitrogens with zero attached hydrogens (tertiary/aromatic N) is 1. The molecular weight excluding hydrogens is 304 g/mol. The Morgan fingerprint density at radius 2 is 1.67 bits per heavy atom. The molecule has 0 bridgehead atoms. The van der Waals surface area contributed by atoms with Crippen LogP contribution in [0.1, 0.15) is 36.0 Å². The molecule has 116 valence electrons. The van der Waals surface area contributed by atoms with Gasteiger partial charge in [-0.3, -0.25) is 0 Å². The van der Waals surface area contributed by atoms with E-state index in [1.54, 1.807) is 0 Å². The molecule has 1 aromatic carbocycles. The first-order valence-corrected chi connectivity index (χ1v) is 8.00. The van der Waals surface area contributed by atoms with Crippen LogP contribution < -0.4 is 0 Å². The SMILES string of the molecule is O=C(O)c1cc(F)c(F)c(S(=O)(=O)N2CCCCCC2)c1. The van der Waals surface area contributed by atoms with Gasteiger partial charge in [0.05, 0.1) is 5.56 Å². The van der Waals surface area contributed by atoms with Crippen molar-refractivity contribution in [3.63, 3.8) is 0 Å². The quantitative estimate of drug-likeness (QED) is 0.927. The maximum absolute atomic E-state index is 13.8. The number of sulfonamides is 1. The lowest BCUT2D eigenvalue weighted by atomic mass is 10.2. The summed E-state index contributed by atoms with van der Waals surface area (Å²) >= 11 is 0. The van der Waals surface area contributed by atoms with Crippen molar-refractivity contribution in [2.45, 2.75) is 30.6 Å². The molecule has 1 saturated heterocycles. The van der Waals surface area contributed by atoms with E-state index >= 15 is 0 Å². The van der Waals surface area contributed by atoms with Gasteiger partial charge in [0.25, 0.3) is 0 Å². The molecule has 1 aliphatic heterocycles. The molecule has 1 aliphatic rings. The Morgan fingerprint density at radius 3 is 2.19 bits per heavy atom. The first-order valence-electron chi connectivity index (χ1n) is 6.56. The van der Waals surface area contributed by atoms with Crippen molar-refractivity contribution in [3.8, 4) is 0 Å². The fourth-order valence-corrected chi connectivity index (χ4v) is 3.91. The van der Waals surface area contributed by atoms with Crippen molar-refractivity contribution in [2.24, 2.45) is 0 Å². The number of rotatable bonds is 3. The lowest BCUT2D eigenvalue weighted by Gasteiger charge is -2.20. The van der Waals surface area contributed by atoms with Crippen LogP contribution in [0.25, 0.3) is 0 Å². The Bertz CT molecular complexity index is 652. The Labute approximate surface area is 121 Å². The molecule has 1 N–H and O–H groups in total. The third kappa shape index (κ3) is 3.21. The molecule has 8 heteroatoms. The molecule has 0 aliphatic carbocycles. The molecule has 0 unspecified atom stereocenters. The molecule has 0 amide bonds. The fourth-order valence-electron chi connectivity index (χ4n) is 2.30. The average Bonchev–Trinajstić information content (AvgIpc) is 2.70. The highest BCUT2D eigenvalue weighted by atomic mass is 32.2. The van der Waals surface area contributed by atoms with Gasteiger partial charge in [-0.25, -0.2) is 22.0 Å². The summed E-state index contributed by atoms with van der Waals surface area (Å²) < 4.78 is 53.2. The smallest absolute Gasteiger partial charge is 0.335 e. The molecule has 1 fully saturated rings. The van der Waals surface area contributed by atoms with Crippen molar-refractivity contribution < 1.29 is 27.1 Å². The van der Waals surface area contributed by atoms with E-state index in [-0.39, 0.29) is 13.1 Å². The van der Waals surface area contributed by atoms with Gasteiger partial charge in [0.2, 0.25) is 10.0 Å². The van der Waals surface area contributed by atoms with Gasteiger partial charge in [-0.05, 0) is 25.0 Å². The van der Waals surface area contributed by atoms with E-state index in [9.17, 15) is 22.0 Å². The van der Waals surface area contributed by atoms with Gasteiger partial charge in [-0.2, -0.15) is 4.31 Å². The summed E-state index contributed by atoms with van der Waals surface area (Å²) in [7, 11) is -4.24. The zero-order chi connectivity index (χ0) is 15.6. The second-order valence-electron chi connectivity index (χ2n) is 4.89. The summed E-state index contributed by atoms with van der Waals surface area (Å²) in [5, 5.41) is 8.85. The molecule has 1 aromatic rings. The zero-order valence-electron chi connectivity index (χ0n) is 11.2. The monoisotopic (exact) mass is 319 g/mol. The van der Waals surface area contributed by atoms with Crippen LogP contribution in [-0.2, 0) is 10.0 Å². The number of halogens is 2. The van der Waals surface area contributed by atoms with Gasteiger partial charge >= 0.3 is 5.97 Å². The van der Waals surface area contributed by atoms with Crippen LogP contribution in [0.2, 0.25) is 0 Å². The second kappa shape index (κ2) is 6.07. The van der Waals surface area contributed by atoms with Crippen LogP contribution in [0.3, 0.4) is 0 Å². The predicted octanol–water partition coefficient (Wildman–Crippen LogP) is 2.23. The zero-order valence-corrected chi connectivity index (χ0v) is 12.0. The van der Waals surface area contributed by atoms with Gasteiger partial charge in [0.1, 0.15) is 4.90 Å². The maximum Gasteiger partial charge on any atom is 0.335 e. The summed E-state index contributed by atoms with van der Waals surface area (Å²) in [4.78, 5) is 9.96. The van der Waals surface area contributed by atoms with Crippen LogP contribution >= 0.6 is 0 Å². The molecule has 2 rings (SSSR count). The van der Waals surface area contributed by atoms with E-state index in [0.29, 0.717) is 25.0 Å². The molecular formula is C13H15F2NO4S. The minimum Gasteiger partial charge on any atom is -0.478 e. The number of carboxylic acid groups (broad SMARTS) is 1. The molecule has 0 saturated carbocycles. The minimum atomic E-state index is -4.24. The van der Waals surface area contributed by atoms with Crippen LogP contribution in [0.15, 0.2) is 17.0 Å². The van der Waals surface area contributed by atoms with E-state index in [1.165, 1.54) is 0 Å². The largest absolute Gasteiger partial charge is 0.478 e. The van der Waals surface area contributed by atoms with Gasteiger partial charge in [0.15, 0.2) is 11.6 Å². The van der Waals surface area contributed by atoms with E-state index < -0.39 is 38.1 Å². The molecule has 0 radical (unpaired) electrons. The molecule has 0 atom stereocenters. The molecule has 1 heterocycles. The molecule has 5 nitrogen and oxygen atoms in total. The highest BCUT2D eigenvalue weighted by Gasteiger charge is 2.30. The number of hydrogen-bond donors (Lipinski definition) is 1. The van der Waals surface area contributed by atoms with E-state index in [1.807, 2.05) is 0 Å². The summed E-state index contributed by atoms with van der Waals surface area (Å²) in [5.74, 6) is -4.53. The van der Waals surface area contributed by atoms with Gasteiger partial charge < -0.3 is 5.11 Å². The Balaban J connectivity index is 2.50. The Kier molecular flexibility index (Phi) is 4.58. The normalized spacial score (nSPS) is 17.4. The Morgan fingerprint density at radius 1 is 1.10 bits per heavy atom. The fraction of sp³-hybridized carbons (Fsp3) is 0.462. The van der Waals surface area contributed by atoms with Crippen molar-refractivity contribution >= 4 is 16.0 Å². The standard InChI is InChI=1S/C13H15F2NO4S/c14-10-7-9(13(17)18)8-11(12(10)15)21(19,20)16-5-3-1-2-4-6-16/h7-8H,1-6H2,(H,17,18). The van der Waals surface area contributed by atoms with Crippen LogP contribution in [0.5, 0.6) is 0 Å². The topological polar surface area (TPSA) is 74.7 Å². The van der Waals surface area contributed by atoms with Crippen LogP contribution in [0, 0.1) is 11.6 Å². The summed E-state index contributed by atoms with van der Waals surface area (Å²) in [5.41, 5.74) is -0.595.